The molecule has 0 saturated heterocycles. The van der Waals surface area contributed by atoms with Gasteiger partial charge in [0.25, 0.3) is 0 Å². The Morgan fingerprint density at radius 2 is 2.28 bits per heavy atom. The van der Waals surface area contributed by atoms with Crippen LogP contribution in [0.5, 0.6) is 5.88 Å². The van der Waals surface area contributed by atoms with Gasteiger partial charge in [0.15, 0.2) is 0 Å². The number of nitrogens with zero attached hydrogens (tertiary/aromatic N) is 2. The van der Waals surface area contributed by atoms with Crippen molar-refractivity contribution in [3.05, 3.63) is 12.1 Å². The number of pyridine rings is 1. The summed E-state index contributed by atoms with van der Waals surface area (Å²) in [7, 11) is 1.89. The fourth-order valence-electron chi connectivity index (χ4n) is 1.58. The van der Waals surface area contributed by atoms with Crippen LogP contribution in [0, 0.1) is 5.92 Å². The number of aromatic nitrogens is 1. The highest BCUT2D eigenvalue weighted by molar-refractivity contribution is 5.54. The molecule has 1 fully saturated rings. The molecule has 2 rings (SSSR count). The number of nitrogens with two attached hydrogens (primary N) is 1. The largest absolute Gasteiger partial charge is 0.476 e. The van der Waals surface area contributed by atoms with Crippen LogP contribution in [0.25, 0.3) is 0 Å². The summed E-state index contributed by atoms with van der Waals surface area (Å²) >= 11 is 0. The third kappa shape index (κ3) is 3.04. The van der Waals surface area contributed by atoms with Crippen molar-refractivity contribution in [3.8, 4) is 5.88 Å². The number of rotatable bonds is 6. The molecule has 3 N–H and O–H groups in total. The maximum atomic E-state index is 9.15. The quantitative estimate of drug-likeness (QED) is 0.796. The minimum atomic E-state index is 0.0115. The maximum Gasteiger partial charge on any atom is 0.239 e. The SMILES string of the molecule is CC(CO)N(C)c1ccc(N)c(OCC2CC2)n1. The lowest BCUT2D eigenvalue weighted by Crippen LogP contribution is -2.32. The number of anilines is 2. The number of hydrogen-bond donors (Lipinski definition) is 2. The molecular formula is C13H21N3O2. The molecule has 0 radical (unpaired) electrons. The van der Waals surface area contributed by atoms with Gasteiger partial charge in [0, 0.05) is 7.05 Å². The fourth-order valence-corrected chi connectivity index (χ4v) is 1.58. The lowest BCUT2D eigenvalue weighted by Gasteiger charge is -2.24. The molecular weight excluding hydrogens is 230 g/mol. The van der Waals surface area contributed by atoms with E-state index in [2.05, 4.69) is 4.98 Å². The number of nitrogen functional groups attached to an aromatic ring is 1. The molecule has 1 saturated carbocycles. The van der Waals surface area contributed by atoms with E-state index in [0.717, 1.165) is 5.82 Å². The molecule has 5 heteroatoms. The second-order valence-corrected chi connectivity index (χ2v) is 4.96. The first kappa shape index (κ1) is 13.0. The average molecular weight is 251 g/mol. The van der Waals surface area contributed by atoms with E-state index in [-0.39, 0.29) is 12.6 Å². The van der Waals surface area contributed by atoms with E-state index >= 15 is 0 Å². The number of hydrogen-bond acceptors (Lipinski definition) is 5. The van der Waals surface area contributed by atoms with Gasteiger partial charge >= 0.3 is 0 Å². The molecule has 0 amide bonds. The highest BCUT2D eigenvalue weighted by Gasteiger charge is 2.23. The Morgan fingerprint density at radius 3 is 2.89 bits per heavy atom. The molecule has 1 aromatic heterocycles. The lowest BCUT2D eigenvalue weighted by atomic mass is 10.3. The monoisotopic (exact) mass is 251 g/mol. The van der Waals surface area contributed by atoms with Crippen molar-refractivity contribution in [2.24, 2.45) is 5.92 Å². The molecule has 1 aliphatic rings. The number of likely N-dealkylation sites (N-methyl/N-ethyl adjacent to an activating group) is 1. The second kappa shape index (κ2) is 5.44. The van der Waals surface area contributed by atoms with Crippen molar-refractivity contribution in [1.82, 2.24) is 4.98 Å². The second-order valence-electron chi connectivity index (χ2n) is 4.96. The van der Waals surface area contributed by atoms with Crippen LogP contribution in [-0.2, 0) is 0 Å². The van der Waals surface area contributed by atoms with Crippen LogP contribution in [0.3, 0.4) is 0 Å². The van der Waals surface area contributed by atoms with Crippen LogP contribution >= 0.6 is 0 Å². The van der Waals surface area contributed by atoms with Crippen LogP contribution in [0.15, 0.2) is 12.1 Å². The molecule has 100 valence electrons. The van der Waals surface area contributed by atoms with E-state index in [1.807, 2.05) is 24.9 Å². The van der Waals surface area contributed by atoms with Crippen LogP contribution in [0.4, 0.5) is 11.5 Å². The van der Waals surface area contributed by atoms with Gasteiger partial charge in [0.2, 0.25) is 5.88 Å². The third-order valence-electron chi connectivity index (χ3n) is 3.31. The smallest absolute Gasteiger partial charge is 0.239 e. The zero-order valence-corrected chi connectivity index (χ0v) is 11.0. The first-order valence-electron chi connectivity index (χ1n) is 6.34. The van der Waals surface area contributed by atoms with E-state index < -0.39 is 0 Å². The first-order chi connectivity index (χ1) is 8.61. The number of aliphatic hydroxyl groups excluding tert-OH is 1. The Labute approximate surface area is 108 Å². The van der Waals surface area contributed by atoms with E-state index in [9.17, 15) is 0 Å². The topological polar surface area (TPSA) is 71.6 Å². The van der Waals surface area contributed by atoms with Crippen molar-refractivity contribution < 1.29 is 9.84 Å². The Kier molecular flexibility index (Phi) is 3.91. The van der Waals surface area contributed by atoms with Gasteiger partial charge in [-0.2, -0.15) is 4.98 Å². The summed E-state index contributed by atoms with van der Waals surface area (Å²) in [6.07, 6.45) is 2.47. The zero-order valence-electron chi connectivity index (χ0n) is 11.0. The first-order valence-corrected chi connectivity index (χ1v) is 6.34. The number of ether oxygens (including phenoxy) is 1. The van der Waals surface area contributed by atoms with Gasteiger partial charge in [-0.3, -0.25) is 0 Å². The molecule has 1 atom stereocenters. The molecule has 1 aromatic rings. The summed E-state index contributed by atoms with van der Waals surface area (Å²) in [5, 5.41) is 9.15. The molecule has 5 nitrogen and oxygen atoms in total. The summed E-state index contributed by atoms with van der Waals surface area (Å²) in [6, 6.07) is 3.65. The Morgan fingerprint density at radius 1 is 1.56 bits per heavy atom. The van der Waals surface area contributed by atoms with Crippen molar-refractivity contribution in [2.75, 3.05) is 30.9 Å². The Hall–Kier alpha value is -1.49. The van der Waals surface area contributed by atoms with E-state index in [1.165, 1.54) is 12.8 Å². The van der Waals surface area contributed by atoms with Gasteiger partial charge in [-0.05, 0) is 37.8 Å². The summed E-state index contributed by atoms with van der Waals surface area (Å²) in [4.78, 5) is 6.31. The van der Waals surface area contributed by atoms with E-state index in [1.54, 1.807) is 6.07 Å². The molecule has 0 aromatic carbocycles. The van der Waals surface area contributed by atoms with Crippen molar-refractivity contribution in [2.45, 2.75) is 25.8 Å². The summed E-state index contributed by atoms with van der Waals surface area (Å²) in [5.41, 5.74) is 6.41. The van der Waals surface area contributed by atoms with Crippen LogP contribution in [-0.4, -0.2) is 36.4 Å². The van der Waals surface area contributed by atoms with Crippen LogP contribution in [0.2, 0.25) is 0 Å². The van der Waals surface area contributed by atoms with Gasteiger partial charge in [-0.1, -0.05) is 0 Å². The third-order valence-corrected chi connectivity index (χ3v) is 3.31. The molecule has 18 heavy (non-hydrogen) atoms. The van der Waals surface area contributed by atoms with E-state index in [0.29, 0.717) is 24.1 Å². The highest BCUT2D eigenvalue weighted by atomic mass is 16.5. The number of aliphatic hydroxyl groups is 1. The summed E-state index contributed by atoms with van der Waals surface area (Å²) < 4.78 is 5.64. The molecule has 1 aliphatic carbocycles. The minimum absolute atomic E-state index is 0.0115. The van der Waals surface area contributed by atoms with Gasteiger partial charge in [0.1, 0.15) is 5.82 Å². The van der Waals surface area contributed by atoms with Gasteiger partial charge in [-0.25, -0.2) is 0 Å². The molecule has 0 aliphatic heterocycles. The van der Waals surface area contributed by atoms with Gasteiger partial charge in [0.05, 0.1) is 24.9 Å². The molecule has 0 spiro atoms. The molecule has 1 heterocycles. The zero-order chi connectivity index (χ0) is 13.1. The van der Waals surface area contributed by atoms with E-state index in [4.69, 9.17) is 15.6 Å². The maximum absolute atomic E-state index is 9.15. The van der Waals surface area contributed by atoms with Gasteiger partial charge < -0.3 is 20.5 Å². The minimum Gasteiger partial charge on any atom is -0.476 e. The van der Waals surface area contributed by atoms with Crippen molar-refractivity contribution in [3.63, 3.8) is 0 Å². The van der Waals surface area contributed by atoms with Crippen LogP contribution in [0.1, 0.15) is 19.8 Å². The molecule has 1 unspecified atom stereocenters. The van der Waals surface area contributed by atoms with Crippen molar-refractivity contribution >= 4 is 11.5 Å². The lowest BCUT2D eigenvalue weighted by molar-refractivity contribution is 0.268. The summed E-state index contributed by atoms with van der Waals surface area (Å²) in [5.74, 6) is 1.93. The summed E-state index contributed by atoms with van der Waals surface area (Å²) in [6.45, 7) is 2.71. The predicted molar refractivity (Wildman–Crippen MR) is 71.8 cm³/mol. The molecule has 0 bridgehead atoms. The van der Waals surface area contributed by atoms with Gasteiger partial charge in [-0.15, -0.1) is 0 Å². The predicted octanol–water partition coefficient (Wildman–Crippen LogP) is 1.27. The standard InChI is InChI=1S/C13H21N3O2/c1-9(7-17)16(2)12-6-5-11(14)13(15-12)18-8-10-3-4-10/h5-6,9-10,17H,3-4,7-8,14H2,1-2H3. The highest BCUT2D eigenvalue weighted by Crippen LogP contribution is 2.31. The average Bonchev–Trinajstić information content (AvgIpc) is 3.20. The Balaban J connectivity index is 2.08. The Bertz CT molecular complexity index is 407. The fraction of sp³-hybridized carbons (Fsp3) is 0.615. The normalized spacial score (nSPS) is 16.4. The van der Waals surface area contributed by atoms with Crippen LogP contribution < -0.4 is 15.4 Å². The van der Waals surface area contributed by atoms with Crippen molar-refractivity contribution in [1.29, 1.82) is 0 Å².